The molecule has 2 aromatic rings. The number of halogens is 1. The van der Waals surface area contributed by atoms with Gasteiger partial charge in [0.05, 0.1) is 31.5 Å². The fourth-order valence-corrected chi connectivity index (χ4v) is 5.34. The molecule has 1 fully saturated rings. The molecule has 2 aliphatic heterocycles. The summed E-state index contributed by atoms with van der Waals surface area (Å²) in [7, 11) is 2.96. The van der Waals surface area contributed by atoms with Gasteiger partial charge in [-0.05, 0) is 78.4 Å². The monoisotopic (exact) mass is 516 g/mol. The lowest BCUT2D eigenvalue weighted by atomic mass is 9.86. The zero-order valence-electron chi connectivity index (χ0n) is 19.7. The Morgan fingerprint density at radius 3 is 2.58 bits per heavy atom. The van der Waals surface area contributed by atoms with Crippen LogP contribution in [0.1, 0.15) is 44.5 Å². The zero-order chi connectivity index (χ0) is 24.1. The molecule has 1 unspecified atom stereocenters. The minimum atomic E-state index is -0.645. The van der Waals surface area contributed by atoms with Gasteiger partial charge in [-0.3, -0.25) is 4.90 Å². The Hall–Kier alpha value is -2.58. The fraction of sp³-hybridized carbons (Fsp3) is 0.440. The molecule has 0 saturated carbocycles. The van der Waals surface area contributed by atoms with Crippen molar-refractivity contribution in [2.45, 2.75) is 45.3 Å². The van der Waals surface area contributed by atoms with Gasteiger partial charge in [0, 0.05) is 24.5 Å². The molecule has 7 nitrogen and oxygen atoms in total. The van der Waals surface area contributed by atoms with Crippen LogP contribution in [0, 0.1) is 0 Å². The molecular formula is C25H29BrN2O5. The number of carbonyl (C=O) groups is 2. The minimum Gasteiger partial charge on any atom is -0.497 e. The smallest absolute Gasteiger partial charge is 0.419 e. The predicted octanol–water partition coefficient (Wildman–Crippen LogP) is 5.11. The molecule has 0 amide bonds. The second-order valence-corrected chi connectivity index (χ2v) is 10.2. The van der Waals surface area contributed by atoms with Crippen molar-refractivity contribution < 1.29 is 23.8 Å². The van der Waals surface area contributed by atoms with Gasteiger partial charge in [-0.2, -0.15) is 0 Å². The van der Waals surface area contributed by atoms with Crippen LogP contribution in [0.5, 0.6) is 5.75 Å². The van der Waals surface area contributed by atoms with Crippen molar-refractivity contribution >= 4 is 38.9 Å². The molecule has 1 aromatic heterocycles. The van der Waals surface area contributed by atoms with Crippen LogP contribution in [0.3, 0.4) is 0 Å². The molecule has 3 heterocycles. The molecule has 1 saturated heterocycles. The summed E-state index contributed by atoms with van der Waals surface area (Å²) in [4.78, 5) is 28.0. The van der Waals surface area contributed by atoms with Gasteiger partial charge >= 0.3 is 12.1 Å². The molecule has 176 valence electrons. The third-order valence-electron chi connectivity index (χ3n) is 6.15. The van der Waals surface area contributed by atoms with Crippen LogP contribution in [-0.4, -0.2) is 54.4 Å². The highest BCUT2D eigenvalue weighted by atomic mass is 79.9. The van der Waals surface area contributed by atoms with E-state index in [0.29, 0.717) is 23.2 Å². The van der Waals surface area contributed by atoms with Gasteiger partial charge in [-0.1, -0.05) is 6.58 Å². The van der Waals surface area contributed by atoms with Crippen LogP contribution < -0.4 is 4.74 Å². The standard InChI is InChI=1S/C25H29BrN2O5/c1-14-13-27-10-9-17-16-8-7-15(31-5)11-19(16)28(24(30)33-25(2,3)4)22(17)20(27)12-18(14)21(26)23(29)32-6/h7-8,11,20H,1,9-10,12-13H2,2-6H3/b21-18+. The summed E-state index contributed by atoms with van der Waals surface area (Å²) in [6.07, 6.45) is 0.901. The number of fused-ring (bicyclic) bond motifs is 5. The third kappa shape index (κ3) is 4.22. The quantitative estimate of drug-likeness (QED) is 0.407. The van der Waals surface area contributed by atoms with Crippen LogP contribution in [0.15, 0.2) is 40.4 Å². The molecule has 8 heteroatoms. The highest BCUT2D eigenvalue weighted by Crippen LogP contribution is 2.45. The second-order valence-electron chi connectivity index (χ2n) is 9.39. The molecule has 0 aliphatic carbocycles. The number of ether oxygens (including phenoxy) is 3. The Kier molecular flexibility index (Phi) is 6.18. The highest BCUT2D eigenvalue weighted by molar-refractivity contribution is 9.12. The van der Waals surface area contributed by atoms with Crippen LogP contribution >= 0.6 is 15.9 Å². The fourth-order valence-electron chi connectivity index (χ4n) is 4.73. The summed E-state index contributed by atoms with van der Waals surface area (Å²) < 4.78 is 18.2. The molecule has 2 aliphatic rings. The van der Waals surface area contributed by atoms with Gasteiger partial charge in [-0.25, -0.2) is 14.2 Å². The molecule has 33 heavy (non-hydrogen) atoms. The third-order valence-corrected chi connectivity index (χ3v) is 6.95. The molecule has 0 N–H and O–H groups in total. The summed E-state index contributed by atoms with van der Waals surface area (Å²) >= 11 is 3.41. The Bertz CT molecular complexity index is 1190. The van der Waals surface area contributed by atoms with E-state index in [4.69, 9.17) is 14.2 Å². The number of esters is 1. The first kappa shape index (κ1) is 23.6. The van der Waals surface area contributed by atoms with E-state index in [0.717, 1.165) is 46.3 Å². The van der Waals surface area contributed by atoms with Crippen molar-refractivity contribution in [2.24, 2.45) is 0 Å². The minimum absolute atomic E-state index is 0.114. The van der Waals surface area contributed by atoms with Gasteiger partial charge in [0.1, 0.15) is 15.8 Å². The van der Waals surface area contributed by atoms with E-state index in [-0.39, 0.29) is 6.04 Å². The van der Waals surface area contributed by atoms with Crippen LogP contribution in [0.2, 0.25) is 0 Å². The van der Waals surface area contributed by atoms with Gasteiger partial charge < -0.3 is 14.2 Å². The largest absolute Gasteiger partial charge is 0.497 e. The Morgan fingerprint density at radius 1 is 1.21 bits per heavy atom. The number of piperidine rings is 1. The average Bonchev–Trinajstić information content (AvgIpc) is 3.10. The molecule has 0 radical (unpaired) electrons. The lowest BCUT2D eigenvalue weighted by Crippen LogP contribution is -2.42. The van der Waals surface area contributed by atoms with E-state index >= 15 is 0 Å². The normalized spacial score (nSPS) is 20.2. The number of benzene rings is 1. The molecule has 4 rings (SSSR count). The second kappa shape index (κ2) is 8.65. The van der Waals surface area contributed by atoms with Crippen molar-refractivity contribution in [1.29, 1.82) is 0 Å². The topological polar surface area (TPSA) is 70.0 Å². The first-order valence-corrected chi connectivity index (χ1v) is 11.7. The molecule has 0 spiro atoms. The van der Waals surface area contributed by atoms with Crippen molar-refractivity contribution in [2.75, 3.05) is 27.3 Å². The maximum atomic E-state index is 13.5. The Labute approximate surface area is 202 Å². The summed E-state index contributed by atoms with van der Waals surface area (Å²) in [5.74, 6) is 0.234. The van der Waals surface area contributed by atoms with Gasteiger partial charge in [0.25, 0.3) is 0 Å². The predicted molar refractivity (Wildman–Crippen MR) is 130 cm³/mol. The molecule has 0 bridgehead atoms. The SMILES string of the molecule is C=C1CN2CCc3c(n(C(=O)OC(C)(C)C)c4cc(OC)ccc34)C2C/C1=C(\Br)C(=O)OC. The number of carbonyl (C=O) groups excluding carboxylic acids is 2. The lowest BCUT2D eigenvalue weighted by molar-refractivity contribution is -0.135. The summed E-state index contributed by atoms with van der Waals surface area (Å²) in [6, 6.07) is 5.69. The first-order chi connectivity index (χ1) is 15.6. The van der Waals surface area contributed by atoms with Crippen molar-refractivity contribution in [3.05, 3.63) is 51.7 Å². The summed E-state index contributed by atoms with van der Waals surface area (Å²) in [6.45, 7) is 11.2. The van der Waals surface area contributed by atoms with Gasteiger partial charge in [-0.15, -0.1) is 0 Å². The number of rotatable bonds is 2. The Morgan fingerprint density at radius 2 is 1.94 bits per heavy atom. The summed E-state index contributed by atoms with van der Waals surface area (Å²) in [5, 5.41) is 1.01. The number of methoxy groups -OCH3 is 2. The maximum Gasteiger partial charge on any atom is 0.419 e. The number of nitrogens with zero attached hydrogens (tertiary/aromatic N) is 2. The van der Waals surface area contributed by atoms with E-state index in [1.807, 2.05) is 39.0 Å². The van der Waals surface area contributed by atoms with Crippen LogP contribution in [-0.2, 0) is 20.7 Å². The molecule has 1 aromatic carbocycles. The van der Waals surface area contributed by atoms with E-state index < -0.39 is 17.7 Å². The van der Waals surface area contributed by atoms with Crippen molar-refractivity contribution in [3.63, 3.8) is 0 Å². The first-order valence-electron chi connectivity index (χ1n) is 10.9. The van der Waals surface area contributed by atoms with Crippen molar-refractivity contribution in [3.8, 4) is 5.75 Å². The van der Waals surface area contributed by atoms with Crippen LogP contribution in [0.25, 0.3) is 10.9 Å². The molecule has 1 atom stereocenters. The van der Waals surface area contributed by atoms with E-state index in [2.05, 4.69) is 27.4 Å². The van der Waals surface area contributed by atoms with Gasteiger partial charge in [0.2, 0.25) is 0 Å². The maximum absolute atomic E-state index is 13.5. The van der Waals surface area contributed by atoms with Gasteiger partial charge in [0.15, 0.2) is 0 Å². The van der Waals surface area contributed by atoms with Crippen molar-refractivity contribution in [1.82, 2.24) is 9.47 Å². The summed E-state index contributed by atoms with van der Waals surface area (Å²) in [5.41, 5.74) is 3.82. The Balaban J connectivity index is 1.92. The zero-order valence-corrected chi connectivity index (χ0v) is 21.2. The number of hydrogen-bond acceptors (Lipinski definition) is 6. The van der Waals surface area contributed by atoms with E-state index in [9.17, 15) is 9.59 Å². The average molecular weight is 517 g/mol. The number of hydrogen-bond donors (Lipinski definition) is 0. The highest BCUT2D eigenvalue weighted by Gasteiger charge is 2.40. The molecular weight excluding hydrogens is 488 g/mol. The lowest BCUT2D eigenvalue weighted by Gasteiger charge is -2.42. The van der Waals surface area contributed by atoms with Crippen LogP contribution in [0.4, 0.5) is 4.79 Å². The van der Waals surface area contributed by atoms with E-state index in [1.54, 1.807) is 11.7 Å². The van der Waals surface area contributed by atoms with E-state index in [1.165, 1.54) is 7.11 Å². The number of aromatic nitrogens is 1.